The molecule has 2 rings (SSSR count). The molecular formula is C14H11Cl2N3O4. The summed E-state index contributed by atoms with van der Waals surface area (Å²) < 4.78 is 0.986. The smallest absolute Gasteiger partial charge is 0.285 e. The average molecular weight is 356 g/mol. The van der Waals surface area contributed by atoms with E-state index >= 15 is 0 Å². The molecule has 7 nitrogen and oxygen atoms in total. The van der Waals surface area contributed by atoms with Crippen LogP contribution < -0.4 is 10.9 Å². The fraction of sp³-hybridized carbons (Fsp3) is 0.143. The molecule has 0 radical (unpaired) electrons. The lowest BCUT2D eigenvalue weighted by Gasteiger charge is -2.15. The third-order valence-electron chi connectivity index (χ3n) is 3.06. The fourth-order valence-corrected chi connectivity index (χ4v) is 2.43. The van der Waals surface area contributed by atoms with Crippen LogP contribution in [0.3, 0.4) is 0 Å². The lowest BCUT2D eigenvalue weighted by atomic mass is 10.2. The van der Waals surface area contributed by atoms with E-state index in [1.165, 1.54) is 25.1 Å². The van der Waals surface area contributed by atoms with Crippen LogP contribution in [0.2, 0.25) is 10.0 Å². The van der Waals surface area contributed by atoms with Gasteiger partial charge in [0.1, 0.15) is 6.04 Å². The highest BCUT2D eigenvalue weighted by atomic mass is 35.5. The minimum absolute atomic E-state index is 0.282. The summed E-state index contributed by atoms with van der Waals surface area (Å²) in [6.45, 7) is 1.45. The van der Waals surface area contributed by atoms with E-state index < -0.39 is 22.4 Å². The molecule has 23 heavy (non-hydrogen) atoms. The molecule has 1 heterocycles. The predicted molar refractivity (Wildman–Crippen MR) is 87.2 cm³/mol. The molecule has 0 bridgehead atoms. The fourth-order valence-electron chi connectivity index (χ4n) is 1.90. The number of nitrogens with zero attached hydrogens (tertiary/aromatic N) is 2. The zero-order valence-electron chi connectivity index (χ0n) is 11.8. The normalized spacial score (nSPS) is 11.8. The Kier molecular flexibility index (Phi) is 5.02. The summed E-state index contributed by atoms with van der Waals surface area (Å²) in [6.07, 6.45) is 1.03. The SMILES string of the molecule is CC(C(=O)Nc1cc(Cl)cc(Cl)c1)n1cc([N+](=O)[O-])ccc1=O. The molecule has 1 atom stereocenters. The number of anilines is 1. The molecule has 0 aliphatic heterocycles. The van der Waals surface area contributed by atoms with Gasteiger partial charge < -0.3 is 5.32 Å². The Balaban J connectivity index is 2.27. The largest absolute Gasteiger partial charge is 0.324 e. The number of carbonyl (C=O) groups is 1. The minimum Gasteiger partial charge on any atom is -0.324 e. The zero-order chi connectivity index (χ0) is 17.1. The number of nitro groups is 1. The first-order valence-electron chi connectivity index (χ1n) is 6.41. The lowest BCUT2D eigenvalue weighted by molar-refractivity contribution is -0.385. The molecule has 2 aromatic rings. The Morgan fingerprint density at radius 2 is 1.87 bits per heavy atom. The Morgan fingerprint density at radius 1 is 1.26 bits per heavy atom. The summed E-state index contributed by atoms with van der Waals surface area (Å²) >= 11 is 11.7. The maximum atomic E-state index is 12.2. The van der Waals surface area contributed by atoms with E-state index in [1.54, 1.807) is 0 Å². The third kappa shape index (κ3) is 4.08. The number of benzene rings is 1. The Labute approximate surface area is 140 Å². The molecule has 1 aromatic heterocycles. The minimum atomic E-state index is -0.958. The number of pyridine rings is 1. The van der Waals surface area contributed by atoms with Gasteiger partial charge in [-0.05, 0) is 25.1 Å². The third-order valence-corrected chi connectivity index (χ3v) is 3.50. The first-order valence-corrected chi connectivity index (χ1v) is 7.17. The van der Waals surface area contributed by atoms with Crippen LogP contribution >= 0.6 is 23.2 Å². The molecule has 0 fully saturated rings. The number of aromatic nitrogens is 1. The summed E-state index contributed by atoms with van der Waals surface area (Å²) in [5.74, 6) is -0.536. The predicted octanol–water partition coefficient (Wildman–Crippen LogP) is 3.26. The van der Waals surface area contributed by atoms with Gasteiger partial charge in [-0.2, -0.15) is 0 Å². The number of nitrogens with one attached hydrogen (secondary N) is 1. The molecule has 1 unspecified atom stereocenters. The van der Waals surface area contributed by atoms with Gasteiger partial charge in [-0.3, -0.25) is 24.3 Å². The summed E-state index contributed by atoms with van der Waals surface area (Å²) in [5.41, 5.74) is -0.449. The van der Waals surface area contributed by atoms with Crippen LogP contribution in [0.5, 0.6) is 0 Å². The van der Waals surface area contributed by atoms with Crippen LogP contribution in [0.15, 0.2) is 41.3 Å². The highest BCUT2D eigenvalue weighted by Crippen LogP contribution is 2.23. The van der Waals surface area contributed by atoms with Crippen molar-refractivity contribution in [3.05, 3.63) is 67.0 Å². The number of hydrogen-bond acceptors (Lipinski definition) is 4. The summed E-state index contributed by atoms with van der Waals surface area (Å²) in [7, 11) is 0. The molecule has 1 amide bonds. The van der Waals surface area contributed by atoms with Crippen LogP contribution in [0, 0.1) is 10.1 Å². The number of amides is 1. The van der Waals surface area contributed by atoms with Crippen molar-refractivity contribution in [2.75, 3.05) is 5.32 Å². The Morgan fingerprint density at radius 3 is 2.43 bits per heavy atom. The lowest BCUT2D eigenvalue weighted by Crippen LogP contribution is -2.31. The standard InChI is InChI=1S/C14H11Cl2N3O4/c1-8(18-7-12(19(22)23)2-3-13(18)20)14(21)17-11-5-9(15)4-10(16)6-11/h2-8H,1H3,(H,17,21). The van der Waals surface area contributed by atoms with Crippen molar-refractivity contribution < 1.29 is 9.72 Å². The monoisotopic (exact) mass is 355 g/mol. The molecule has 9 heteroatoms. The van der Waals surface area contributed by atoms with Crippen molar-refractivity contribution in [1.29, 1.82) is 0 Å². The second kappa shape index (κ2) is 6.80. The molecule has 1 N–H and O–H groups in total. The number of rotatable bonds is 4. The van der Waals surface area contributed by atoms with Gasteiger partial charge in [-0.1, -0.05) is 23.2 Å². The van der Waals surface area contributed by atoms with Gasteiger partial charge >= 0.3 is 0 Å². The Bertz CT molecular complexity index is 815. The van der Waals surface area contributed by atoms with Gasteiger partial charge in [0.25, 0.3) is 11.2 Å². The van der Waals surface area contributed by atoms with E-state index in [1.807, 2.05) is 0 Å². The molecule has 120 valence electrons. The molecule has 0 saturated heterocycles. The average Bonchev–Trinajstić information content (AvgIpc) is 2.45. The molecule has 0 aliphatic carbocycles. The van der Waals surface area contributed by atoms with Crippen LogP contribution in [0.1, 0.15) is 13.0 Å². The van der Waals surface area contributed by atoms with Gasteiger partial charge in [0.05, 0.1) is 11.1 Å². The van der Waals surface area contributed by atoms with Gasteiger partial charge in [-0.25, -0.2) is 0 Å². The van der Waals surface area contributed by atoms with Crippen molar-refractivity contribution in [2.45, 2.75) is 13.0 Å². The second-order valence-corrected chi connectivity index (χ2v) is 5.59. The molecular weight excluding hydrogens is 345 g/mol. The van der Waals surface area contributed by atoms with E-state index in [0.29, 0.717) is 15.7 Å². The van der Waals surface area contributed by atoms with Gasteiger partial charge in [0.15, 0.2) is 0 Å². The van der Waals surface area contributed by atoms with E-state index in [4.69, 9.17) is 23.2 Å². The van der Waals surface area contributed by atoms with Gasteiger partial charge in [0.2, 0.25) is 5.91 Å². The Hall–Kier alpha value is -2.38. The maximum Gasteiger partial charge on any atom is 0.285 e. The van der Waals surface area contributed by atoms with Crippen molar-refractivity contribution in [1.82, 2.24) is 4.57 Å². The topological polar surface area (TPSA) is 94.2 Å². The van der Waals surface area contributed by atoms with E-state index in [0.717, 1.165) is 22.9 Å². The van der Waals surface area contributed by atoms with Gasteiger partial charge in [-0.15, -0.1) is 0 Å². The summed E-state index contributed by atoms with van der Waals surface area (Å²) in [6, 6.07) is 5.66. The molecule has 1 aromatic carbocycles. The van der Waals surface area contributed by atoms with Crippen molar-refractivity contribution in [2.24, 2.45) is 0 Å². The number of carbonyl (C=O) groups excluding carboxylic acids is 1. The van der Waals surface area contributed by atoms with Crippen molar-refractivity contribution >= 4 is 40.5 Å². The van der Waals surface area contributed by atoms with E-state index in [2.05, 4.69) is 5.32 Å². The van der Waals surface area contributed by atoms with Crippen LogP contribution in [-0.2, 0) is 4.79 Å². The molecule has 0 aliphatic rings. The number of hydrogen-bond donors (Lipinski definition) is 1. The highest BCUT2D eigenvalue weighted by Gasteiger charge is 2.19. The molecule has 0 spiro atoms. The van der Waals surface area contributed by atoms with Crippen LogP contribution in [0.25, 0.3) is 0 Å². The first-order chi connectivity index (χ1) is 10.8. The van der Waals surface area contributed by atoms with Gasteiger partial charge in [0, 0.05) is 27.9 Å². The van der Waals surface area contributed by atoms with Crippen molar-refractivity contribution in [3.8, 4) is 0 Å². The van der Waals surface area contributed by atoms with E-state index in [9.17, 15) is 19.7 Å². The van der Waals surface area contributed by atoms with Crippen LogP contribution in [0.4, 0.5) is 11.4 Å². The maximum absolute atomic E-state index is 12.2. The first kappa shape index (κ1) is 17.0. The second-order valence-electron chi connectivity index (χ2n) is 4.71. The van der Waals surface area contributed by atoms with E-state index in [-0.39, 0.29) is 5.69 Å². The summed E-state index contributed by atoms with van der Waals surface area (Å²) in [5, 5.41) is 14.0. The van der Waals surface area contributed by atoms with Crippen molar-refractivity contribution in [3.63, 3.8) is 0 Å². The summed E-state index contributed by atoms with van der Waals surface area (Å²) in [4.78, 5) is 34.2. The zero-order valence-corrected chi connectivity index (χ0v) is 13.3. The quantitative estimate of drug-likeness (QED) is 0.672. The molecule has 0 saturated carbocycles. The number of halogens is 2. The highest BCUT2D eigenvalue weighted by molar-refractivity contribution is 6.35. The van der Waals surface area contributed by atoms with Crippen LogP contribution in [-0.4, -0.2) is 15.4 Å².